The molecule has 0 saturated carbocycles. The van der Waals surface area contributed by atoms with Crippen LogP contribution in [0.15, 0.2) is 29.2 Å². The van der Waals surface area contributed by atoms with Gasteiger partial charge in [0.15, 0.2) is 0 Å². The van der Waals surface area contributed by atoms with Crippen molar-refractivity contribution >= 4 is 15.9 Å². The third-order valence-electron chi connectivity index (χ3n) is 5.34. The predicted octanol–water partition coefficient (Wildman–Crippen LogP) is 3.27. The van der Waals surface area contributed by atoms with Crippen LogP contribution < -0.4 is 0 Å². The van der Waals surface area contributed by atoms with Gasteiger partial charge in [0.1, 0.15) is 0 Å². The lowest BCUT2D eigenvalue weighted by Gasteiger charge is -2.33. The van der Waals surface area contributed by atoms with Gasteiger partial charge < -0.3 is 4.90 Å². The predicted molar refractivity (Wildman–Crippen MR) is 98.0 cm³/mol. The van der Waals surface area contributed by atoms with Crippen molar-refractivity contribution in [2.24, 2.45) is 0 Å². The average Bonchev–Trinajstić information content (AvgIpc) is 2.91. The number of benzene rings is 1. The van der Waals surface area contributed by atoms with Crippen molar-refractivity contribution < 1.29 is 13.2 Å². The second-order valence-electron chi connectivity index (χ2n) is 7.16. The molecule has 2 fully saturated rings. The second-order valence-corrected chi connectivity index (χ2v) is 9.02. The number of carbonyl (C=O) groups excluding carboxylic acids is 1. The van der Waals surface area contributed by atoms with Crippen LogP contribution in [0.5, 0.6) is 0 Å². The van der Waals surface area contributed by atoms with E-state index < -0.39 is 10.0 Å². The Labute approximate surface area is 151 Å². The molecule has 0 aromatic heterocycles. The SMILES string of the molecule is CC1CCCCN1S(=O)(=O)c1ccccc1C(=O)N1CCCCCC1. The number of rotatable bonds is 3. The number of piperidine rings is 1. The van der Waals surface area contributed by atoms with Crippen LogP contribution in [0.4, 0.5) is 0 Å². The van der Waals surface area contributed by atoms with Gasteiger partial charge in [0.25, 0.3) is 5.91 Å². The summed E-state index contributed by atoms with van der Waals surface area (Å²) in [5.74, 6) is -0.147. The average molecular weight is 365 g/mol. The Morgan fingerprint density at radius 3 is 2.28 bits per heavy atom. The summed E-state index contributed by atoms with van der Waals surface area (Å²) < 4.78 is 28.0. The van der Waals surface area contributed by atoms with Crippen LogP contribution in [0.2, 0.25) is 0 Å². The van der Waals surface area contributed by atoms with Crippen LogP contribution >= 0.6 is 0 Å². The van der Waals surface area contributed by atoms with E-state index in [0.29, 0.717) is 25.2 Å². The number of nitrogens with zero attached hydrogens (tertiary/aromatic N) is 2. The maximum Gasteiger partial charge on any atom is 0.255 e. The summed E-state index contributed by atoms with van der Waals surface area (Å²) in [5, 5.41) is 0. The van der Waals surface area contributed by atoms with Crippen molar-refractivity contribution in [1.82, 2.24) is 9.21 Å². The van der Waals surface area contributed by atoms with E-state index in [-0.39, 0.29) is 16.8 Å². The zero-order chi connectivity index (χ0) is 17.9. The van der Waals surface area contributed by atoms with Gasteiger partial charge in [-0.3, -0.25) is 4.79 Å². The van der Waals surface area contributed by atoms with Crippen LogP contribution in [-0.4, -0.2) is 49.2 Å². The van der Waals surface area contributed by atoms with Crippen molar-refractivity contribution in [2.75, 3.05) is 19.6 Å². The smallest absolute Gasteiger partial charge is 0.255 e. The van der Waals surface area contributed by atoms with E-state index in [1.54, 1.807) is 28.6 Å². The molecule has 0 radical (unpaired) electrons. The first-order chi connectivity index (χ1) is 12.0. The molecule has 1 unspecified atom stereocenters. The molecule has 1 aromatic carbocycles. The molecule has 0 spiro atoms. The minimum atomic E-state index is -3.65. The molecule has 1 amide bonds. The largest absolute Gasteiger partial charge is 0.339 e. The monoisotopic (exact) mass is 364 g/mol. The van der Waals surface area contributed by atoms with Crippen LogP contribution in [0, 0.1) is 0 Å². The second kappa shape index (κ2) is 7.87. The lowest BCUT2D eigenvalue weighted by atomic mass is 10.1. The Morgan fingerprint density at radius 2 is 1.60 bits per heavy atom. The standard InChI is InChI=1S/C19H28N2O3S/c1-16-10-6-9-15-21(16)25(23,24)18-12-5-4-11-17(18)19(22)20-13-7-2-3-8-14-20/h4-5,11-12,16H,2-3,6-10,13-15H2,1H3. The summed E-state index contributed by atoms with van der Waals surface area (Å²) in [6.45, 7) is 3.92. The van der Waals surface area contributed by atoms with Crippen LogP contribution in [0.3, 0.4) is 0 Å². The highest BCUT2D eigenvalue weighted by atomic mass is 32.2. The highest BCUT2D eigenvalue weighted by Crippen LogP contribution is 2.28. The zero-order valence-corrected chi connectivity index (χ0v) is 15.8. The van der Waals surface area contributed by atoms with Crippen molar-refractivity contribution in [1.29, 1.82) is 0 Å². The molecule has 2 aliphatic rings. The molecular weight excluding hydrogens is 336 g/mol. The lowest BCUT2D eigenvalue weighted by molar-refractivity contribution is 0.0757. The fourth-order valence-corrected chi connectivity index (χ4v) is 5.75. The number of sulfonamides is 1. The van der Waals surface area contributed by atoms with Crippen molar-refractivity contribution in [3.63, 3.8) is 0 Å². The Hall–Kier alpha value is -1.40. The maximum atomic E-state index is 13.2. The first-order valence-corrected chi connectivity index (χ1v) is 10.9. The zero-order valence-electron chi connectivity index (χ0n) is 15.0. The van der Waals surface area contributed by atoms with Gasteiger partial charge in [-0.15, -0.1) is 0 Å². The topological polar surface area (TPSA) is 57.7 Å². The number of carbonyl (C=O) groups is 1. The first kappa shape index (κ1) is 18.4. The molecule has 138 valence electrons. The van der Waals surface area contributed by atoms with Crippen LogP contribution in [0.25, 0.3) is 0 Å². The molecule has 0 aliphatic carbocycles. The maximum absolute atomic E-state index is 13.2. The van der Waals surface area contributed by atoms with Crippen LogP contribution in [-0.2, 0) is 10.0 Å². The third kappa shape index (κ3) is 3.90. The van der Waals surface area contributed by atoms with E-state index in [0.717, 1.165) is 44.9 Å². The number of hydrogen-bond donors (Lipinski definition) is 0. The van der Waals surface area contributed by atoms with Crippen molar-refractivity contribution in [2.45, 2.75) is 62.8 Å². The first-order valence-electron chi connectivity index (χ1n) is 9.42. The highest BCUT2D eigenvalue weighted by Gasteiger charge is 2.34. The van der Waals surface area contributed by atoms with Gasteiger partial charge in [0.2, 0.25) is 10.0 Å². The normalized spacial score (nSPS) is 23.2. The number of hydrogen-bond acceptors (Lipinski definition) is 3. The minimum absolute atomic E-state index is 0.0138. The van der Waals surface area contributed by atoms with Gasteiger partial charge in [0, 0.05) is 25.7 Å². The van der Waals surface area contributed by atoms with Gasteiger partial charge in [-0.1, -0.05) is 31.4 Å². The molecule has 2 heterocycles. The summed E-state index contributed by atoms with van der Waals surface area (Å²) in [4.78, 5) is 15.0. The molecule has 0 N–H and O–H groups in total. The van der Waals surface area contributed by atoms with E-state index in [1.807, 2.05) is 11.8 Å². The minimum Gasteiger partial charge on any atom is -0.339 e. The van der Waals surface area contributed by atoms with Gasteiger partial charge >= 0.3 is 0 Å². The summed E-state index contributed by atoms with van der Waals surface area (Å²) in [5.41, 5.74) is 0.321. The van der Waals surface area contributed by atoms with E-state index in [9.17, 15) is 13.2 Å². The summed E-state index contributed by atoms with van der Waals surface area (Å²) >= 11 is 0. The third-order valence-corrected chi connectivity index (χ3v) is 7.41. The molecular formula is C19H28N2O3S. The Morgan fingerprint density at radius 1 is 0.960 bits per heavy atom. The molecule has 0 bridgehead atoms. The molecule has 6 heteroatoms. The highest BCUT2D eigenvalue weighted by molar-refractivity contribution is 7.89. The fourth-order valence-electron chi connectivity index (χ4n) is 3.87. The molecule has 5 nitrogen and oxygen atoms in total. The van der Waals surface area contributed by atoms with Crippen molar-refractivity contribution in [3.05, 3.63) is 29.8 Å². The molecule has 25 heavy (non-hydrogen) atoms. The van der Waals surface area contributed by atoms with E-state index in [1.165, 1.54) is 0 Å². The molecule has 1 aromatic rings. The van der Waals surface area contributed by atoms with Gasteiger partial charge in [-0.05, 0) is 44.7 Å². The van der Waals surface area contributed by atoms with Gasteiger partial charge in [-0.2, -0.15) is 4.31 Å². The van der Waals surface area contributed by atoms with E-state index >= 15 is 0 Å². The number of amides is 1. The van der Waals surface area contributed by atoms with Crippen molar-refractivity contribution in [3.8, 4) is 0 Å². The molecule has 3 rings (SSSR count). The quantitative estimate of drug-likeness (QED) is 0.827. The Kier molecular flexibility index (Phi) is 5.79. The van der Waals surface area contributed by atoms with E-state index in [2.05, 4.69) is 0 Å². The van der Waals surface area contributed by atoms with Crippen LogP contribution in [0.1, 0.15) is 62.2 Å². The van der Waals surface area contributed by atoms with Gasteiger partial charge in [0.05, 0.1) is 10.5 Å². The molecule has 2 saturated heterocycles. The molecule has 1 atom stereocenters. The summed E-state index contributed by atoms with van der Waals surface area (Å²) in [6, 6.07) is 6.70. The summed E-state index contributed by atoms with van der Waals surface area (Å²) in [7, 11) is -3.65. The lowest BCUT2D eigenvalue weighted by Crippen LogP contribution is -2.43. The Bertz CT molecular complexity index is 709. The number of likely N-dealkylation sites (tertiary alicyclic amines) is 1. The summed E-state index contributed by atoms with van der Waals surface area (Å²) in [6.07, 6.45) is 7.06. The fraction of sp³-hybridized carbons (Fsp3) is 0.632. The van der Waals surface area contributed by atoms with E-state index in [4.69, 9.17) is 0 Å². The molecule has 2 aliphatic heterocycles. The Balaban J connectivity index is 1.93. The van der Waals surface area contributed by atoms with Gasteiger partial charge in [-0.25, -0.2) is 8.42 Å².